The number of para-hydroxylation sites is 3. The standard InChI is InChI=1S/C56H36N4/c1-4-16-37(17-5-1)38-30-32-40(33-31-38)56-57-49(39-18-6-2-7-19-39)35-50(58-56)43-25-14-26-44-42(43)24-15-29-53(44)60-52-28-13-11-23-46(52)48-34-47-45-22-10-12-27-51(45)59(54(47)36-55(48)60)41-20-8-3-9-21-41/h1-36H. The molecule has 3 heterocycles. The first-order valence-corrected chi connectivity index (χ1v) is 20.4. The summed E-state index contributed by atoms with van der Waals surface area (Å²) in [5.74, 6) is 0.694. The SMILES string of the molecule is c1ccc(-c2ccc(-c3nc(-c4ccccc4)cc(-c4cccc5c(-n6c7ccccc7c7cc8c9ccccc9n(-c9ccccc9)c8cc76)cccc45)n3)cc2)cc1. The molecule has 12 rings (SSSR count). The van der Waals surface area contributed by atoms with Crippen molar-refractivity contribution in [1.82, 2.24) is 19.1 Å². The molecule has 0 fully saturated rings. The van der Waals surface area contributed by atoms with Crippen LogP contribution in [0.15, 0.2) is 218 Å². The van der Waals surface area contributed by atoms with Crippen LogP contribution >= 0.6 is 0 Å². The fraction of sp³-hybridized carbons (Fsp3) is 0. The Labute approximate surface area is 346 Å². The van der Waals surface area contributed by atoms with Gasteiger partial charge in [-0.1, -0.05) is 170 Å². The monoisotopic (exact) mass is 764 g/mol. The van der Waals surface area contributed by atoms with Crippen molar-refractivity contribution >= 4 is 54.4 Å². The molecule has 4 heteroatoms. The topological polar surface area (TPSA) is 35.6 Å². The Bertz CT molecular complexity index is 3570. The summed E-state index contributed by atoms with van der Waals surface area (Å²) in [5.41, 5.74) is 14.2. The number of benzene rings is 9. The van der Waals surface area contributed by atoms with Gasteiger partial charge in [0.1, 0.15) is 0 Å². The van der Waals surface area contributed by atoms with Crippen molar-refractivity contribution in [2.45, 2.75) is 0 Å². The smallest absolute Gasteiger partial charge is 0.160 e. The maximum atomic E-state index is 5.32. The van der Waals surface area contributed by atoms with Crippen LogP contribution < -0.4 is 0 Å². The molecular weight excluding hydrogens is 729 g/mol. The molecule has 0 saturated heterocycles. The molecule has 60 heavy (non-hydrogen) atoms. The Morgan fingerprint density at radius 1 is 0.283 bits per heavy atom. The number of nitrogens with zero attached hydrogens (tertiary/aromatic N) is 4. The van der Waals surface area contributed by atoms with Crippen LogP contribution in [0.25, 0.3) is 111 Å². The first-order valence-electron chi connectivity index (χ1n) is 20.4. The Kier molecular flexibility index (Phi) is 7.82. The van der Waals surface area contributed by atoms with Crippen LogP contribution in [0.1, 0.15) is 0 Å². The summed E-state index contributed by atoms with van der Waals surface area (Å²) in [6, 6.07) is 77.9. The normalized spacial score (nSPS) is 11.7. The number of hydrogen-bond acceptors (Lipinski definition) is 2. The van der Waals surface area contributed by atoms with Crippen LogP contribution in [0.2, 0.25) is 0 Å². The second-order valence-corrected chi connectivity index (χ2v) is 15.4. The largest absolute Gasteiger partial charge is 0.309 e. The van der Waals surface area contributed by atoms with Gasteiger partial charge in [0, 0.05) is 49.3 Å². The van der Waals surface area contributed by atoms with Gasteiger partial charge in [0.25, 0.3) is 0 Å². The molecule has 280 valence electrons. The Hall–Kier alpha value is -8.08. The lowest BCUT2D eigenvalue weighted by Crippen LogP contribution is -1.98. The van der Waals surface area contributed by atoms with Gasteiger partial charge in [-0.25, -0.2) is 9.97 Å². The Morgan fingerprint density at radius 3 is 1.52 bits per heavy atom. The summed E-state index contributed by atoms with van der Waals surface area (Å²) >= 11 is 0. The van der Waals surface area contributed by atoms with Crippen molar-refractivity contribution in [2.75, 3.05) is 0 Å². The van der Waals surface area contributed by atoms with E-state index in [2.05, 4.69) is 215 Å². The van der Waals surface area contributed by atoms with Gasteiger partial charge in [-0.15, -0.1) is 0 Å². The summed E-state index contributed by atoms with van der Waals surface area (Å²) in [6.45, 7) is 0. The lowest BCUT2D eigenvalue weighted by atomic mass is 9.99. The zero-order valence-corrected chi connectivity index (χ0v) is 32.6. The van der Waals surface area contributed by atoms with Crippen molar-refractivity contribution in [1.29, 1.82) is 0 Å². The molecule has 4 nitrogen and oxygen atoms in total. The predicted molar refractivity (Wildman–Crippen MR) is 250 cm³/mol. The molecule has 0 bridgehead atoms. The molecule has 0 radical (unpaired) electrons. The number of rotatable bonds is 6. The van der Waals surface area contributed by atoms with Crippen molar-refractivity contribution in [2.24, 2.45) is 0 Å². The van der Waals surface area contributed by atoms with Gasteiger partial charge in [0.15, 0.2) is 5.82 Å². The minimum Gasteiger partial charge on any atom is -0.309 e. The van der Waals surface area contributed by atoms with Gasteiger partial charge in [-0.2, -0.15) is 0 Å². The maximum Gasteiger partial charge on any atom is 0.160 e. The number of aromatic nitrogens is 4. The average molecular weight is 765 g/mol. The average Bonchev–Trinajstić information content (AvgIpc) is 3.83. The highest BCUT2D eigenvalue weighted by molar-refractivity contribution is 6.19. The number of fused-ring (bicyclic) bond motifs is 7. The van der Waals surface area contributed by atoms with Crippen molar-refractivity contribution in [3.8, 4) is 56.4 Å². The van der Waals surface area contributed by atoms with Gasteiger partial charge in [0.05, 0.1) is 39.1 Å². The fourth-order valence-corrected chi connectivity index (χ4v) is 9.17. The van der Waals surface area contributed by atoms with Gasteiger partial charge in [0.2, 0.25) is 0 Å². The molecule has 0 spiro atoms. The van der Waals surface area contributed by atoms with E-state index in [1.807, 2.05) is 12.1 Å². The molecule has 3 aromatic heterocycles. The van der Waals surface area contributed by atoms with E-state index >= 15 is 0 Å². The van der Waals surface area contributed by atoms with Crippen LogP contribution in [0.5, 0.6) is 0 Å². The highest BCUT2D eigenvalue weighted by atomic mass is 15.0. The van der Waals surface area contributed by atoms with Gasteiger partial charge in [-0.3, -0.25) is 0 Å². The quantitative estimate of drug-likeness (QED) is 0.169. The van der Waals surface area contributed by atoms with Gasteiger partial charge >= 0.3 is 0 Å². The molecular formula is C56H36N4. The van der Waals surface area contributed by atoms with Crippen LogP contribution in [0.3, 0.4) is 0 Å². The third-order valence-corrected chi connectivity index (χ3v) is 11.9. The second-order valence-electron chi connectivity index (χ2n) is 15.4. The van der Waals surface area contributed by atoms with E-state index < -0.39 is 0 Å². The highest BCUT2D eigenvalue weighted by Crippen LogP contribution is 2.42. The Morgan fingerprint density at radius 2 is 0.800 bits per heavy atom. The highest BCUT2D eigenvalue weighted by Gasteiger charge is 2.20. The molecule has 0 atom stereocenters. The minimum atomic E-state index is 0.694. The van der Waals surface area contributed by atoms with E-state index in [0.29, 0.717) is 5.82 Å². The summed E-state index contributed by atoms with van der Waals surface area (Å²) in [4.78, 5) is 10.5. The zero-order chi connectivity index (χ0) is 39.6. The minimum absolute atomic E-state index is 0.694. The molecule has 0 N–H and O–H groups in total. The first kappa shape index (κ1) is 34.0. The molecule has 0 amide bonds. The summed E-state index contributed by atoms with van der Waals surface area (Å²) in [7, 11) is 0. The van der Waals surface area contributed by atoms with Crippen molar-refractivity contribution < 1.29 is 0 Å². The van der Waals surface area contributed by atoms with Gasteiger partial charge in [-0.05, 0) is 65.0 Å². The summed E-state index contributed by atoms with van der Waals surface area (Å²) in [5, 5.41) is 7.22. The van der Waals surface area contributed by atoms with Crippen LogP contribution in [-0.2, 0) is 0 Å². The molecule has 0 aliphatic carbocycles. The zero-order valence-electron chi connectivity index (χ0n) is 32.6. The summed E-state index contributed by atoms with van der Waals surface area (Å²) < 4.78 is 4.86. The van der Waals surface area contributed by atoms with E-state index in [1.54, 1.807) is 0 Å². The molecule has 9 aromatic carbocycles. The Balaban J connectivity index is 1.08. The van der Waals surface area contributed by atoms with Crippen LogP contribution in [0.4, 0.5) is 0 Å². The van der Waals surface area contributed by atoms with E-state index in [-0.39, 0.29) is 0 Å². The third-order valence-electron chi connectivity index (χ3n) is 11.9. The van der Waals surface area contributed by atoms with E-state index in [9.17, 15) is 0 Å². The van der Waals surface area contributed by atoms with E-state index in [1.165, 1.54) is 43.7 Å². The molecule has 0 aliphatic rings. The maximum absolute atomic E-state index is 5.32. The molecule has 0 aliphatic heterocycles. The van der Waals surface area contributed by atoms with E-state index in [4.69, 9.17) is 9.97 Å². The van der Waals surface area contributed by atoms with Crippen LogP contribution in [-0.4, -0.2) is 19.1 Å². The lowest BCUT2D eigenvalue weighted by Gasteiger charge is -2.15. The molecule has 12 aromatic rings. The fourth-order valence-electron chi connectivity index (χ4n) is 9.17. The molecule has 0 unspecified atom stereocenters. The van der Waals surface area contributed by atoms with Crippen LogP contribution in [0, 0.1) is 0 Å². The van der Waals surface area contributed by atoms with Crippen molar-refractivity contribution in [3.63, 3.8) is 0 Å². The van der Waals surface area contributed by atoms with E-state index in [0.717, 1.165) is 61.3 Å². The second kappa shape index (κ2) is 13.8. The molecule has 0 saturated carbocycles. The number of hydrogen-bond donors (Lipinski definition) is 0. The first-order chi connectivity index (χ1) is 29.8. The third kappa shape index (κ3) is 5.46. The van der Waals surface area contributed by atoms with Gasteiger partial charge < -0.3 is 9.13 Å². The lowest BCUT2D eigenvalue weighted by molar-refractivity contribution is 1.17. The predicted octanol–water partition coefficient (Wildman–Crippen LogP) is 14.5. The summed E-state index contributed by atoms with van der Waals surface area (Å²) in [6.07, 6.45) is 0. The van der Waals surface area contributed by atoms with Crippen molar-refractivity contribution in [3.05, 3.63) is 218 Å².